The van der Waals surface area contributed by atoms with E-state index in [0.29, 0.717) is 6.04 Å². The van der Waals surface area contributed by atoms with Crippen molar-refractivity contribution in [3.8, 4) is 0 Å². The molecule has 2 rings (SSSR count). The van der Waals surface area contributed by atoms with E-state index in [0.717, 1.165) is 18.8 Å². The van der Waals surface area contributed by atoms with E-state index in [-0.39, 0.29) is 0 Å². The predicted octanol–water partition coefficient (Wildman–Crippen LogP) is 2.17. The second-order valence-corrected chi connectivity index (χ2v) is 5.31. The quantitative estimate of drug-likeness (QED) is 0.884. The van der Waals surface area contributed by atoms with E-state index < -0.39 is 0 Å². The lowest BCUT2D eigenvalue weighted by atomic mass is 10.1. The molecule has 0 saturated heterocycles. The normalized spacial score (nSPS) is 12.9. The summed E-state index contributed by atoms with van der Waals surface area (Å²) in [6, 6.07) is 4.67. The van der Waals surface area contributed by atoms with Crippen molar-refractivity contribution in [2.24, 2.45) is 0 Å². The number of thiophene rings is 1. The molecule has 0 aliphatic carbocycles. The van der Waals surface area contributed by atoms with Gasteiger partial charge in [0.2, 0.25) is 0 Å². The molecule has 0 bridgehead atoms. The van der Waals surface area contributed by atoms with Crippen LogP contribution in [0.15, 0.2) is 18.5 Å². The molecule has 1 N–H and O–H groups in total. The Hall–Kier alpha value is -1.20. The van der Waals surface area contributed by atoms with Crippen LogP contribution >= 0.6 is 11.3 Å². The molecule has 2 aromatic heterocycles. The minimum absolute atomic E-state index is 0.322. The number of aromatic nitrogens is 3. The van der Waals surface area contributed by atoms with Gasteiger partial charge in [0.05, 0.1) is 0 Å². The molecule has 0 amide bonds. The van der Waals surface area contributed by atoms with Crippen molar-refractivity contribution in [2.75, 3.05) is 7.05 Å². The van der Waals surface area contributed by atoms with Gasteiger partial charge in [-0.3, -0.25) is 4.68 Å². The van der Waals surface area contributed by atoms with Crippen LogP contribution < -0.4 is 5.32 Å². The van der Waals surface area contributed by atoms with Gasteiger partial charge in [-0.1, -0.05) is 0 Å². The average Bonchev–Trinajstić information content (AvgIpc) is 2.94. The topological polar surface area (TPSA) is 42.7 Å². The van der Waals surface area contributed by atoms with Crippen molar-refractivity contribution in [2.45, 2.75) is 32.9 Å². The van der Waals surface area contributed by atoms with Crippen LogP contribution in [-0.4, -0.2) is 21.8 Å². The summed E-state index contributed by atoms with van der Waals surface area (Å²) in [5.74, 6) is 1.04. The van der Waals surface area contributed by atoms with Crippen LogP contribution in [0.3, 0.4) is 0 Å². The summed E-state index contributed by atoms with van der Waals surface area (Å²) in [7, 11) is 1.99. The summed E-state index contributed by atoms with van der Waals surface area (Å²) >= 11 is 1.84. The van der Waals surface area contributed by atoms with Crippen LogP contribution in [0, 0.1) is 6.92 Å². The summed E-state index contributed by atoms with van der Waals surface area (Å²) in [5, 5.41) is 7.55. The number of rotatable bonds is 5. The molecule has 0 saturated carbocycles. The SMILES string of the molecule is CCn1ncnc1CC(NC)c1ccc(C)s1. The minimum Gasteiger partial charge on any atom is -0.312 e. The smallest absolute Gasteiger partial charge is 0.138 e. The first-order valence-electron chi connectivity index (χ1n) is 5.85. The van der Waals surface area contributed by atoms with Crippen LogP contribution in [-0.2, 0) is 13.0 Å². The highest BCUT2D eigenvalue weighted by Gasteiger charge is 2.15. The van der Waals surface area contributed by atoms with Crippen molar-refractivity contribution in [3.05, 3.63) is 34.0 Å². The van der Waals surface area contributed by atoms with Crippen LogP contribution in [0.25, 0.3) is 0 Å². The van der Waals surface area contributed by atoms with Gasteiger partial charge >= 0.3 is 0 Å². The number of hydrogen-bond acceptors (Lipinski definition) is 4. The highest BCUT2D eigenvalue weighted by atomic mass is 32.1. The summed E-state index contributed by atoms with van der Waals surface area (Å²) in [5.41, 5.74) is 0. The molecule has 5 heteroatoms. The first kappa shape index (κ1) is 12.3. The maximum Gasteiger partial charge on any atom is 0.138 e. The predicted molar refractivity (Wildman–Crippen MR) is 70.3 cm³/mol. The zero-order chi connectivity index (χ0) is 12.3. The van der Waals surface area contributed by atoms with E-state index in [9.17, 15) is 0 Å². The van der Waals surface area contributed by atoms with Crippen LogP contribution in [0.4, 0.5) is 0 Å². The van der Waals surface area contributed by atoms with Crippen molar-refractivity contribution in [1.29, 1.82) is 0 Å². The standard InChI is InChI=1S/C12H18N4S/c1-4-16-12(14-8-15-16)7-10(13-3)11-6-5-9(2)17-11/h5-6,8,10,13H,4,7H2,1-3H3. The molecule has 1 atom stereocenters. The van der Waals surface area contributed by atoms with E-state index in [1.165, 1.54) is 9.75 Å². The van der Waals surface area contributed by atoms with E-state index >= 15 is 0 Å². The van der Waals surface area contributed by atoms with E-state index in [1.54, 1.807) is 6.33 Å². The molecule has 0 aliphatic rings. The molecular formula is C12H18N4S. The molecule has 0 aliphatic heterocycles. The van der Waals surface area contributed by atoms with Crippen molar-refractivity contribution >= 4 is 11.3 Å². The average molecular weight is 250 g/mol. The minimum atomic E-state index is 0.322. The Kier molecular flexibility index (Phi) is 3.91. The summed E-state index contributed by atoms with van der Waals surface area (Å²) in [6.07, 6.45) is 2.51. The van der Waals surface area contributed by atoms with Crippen LogP contribution in [0.1, 0.15) is 28.5 Å². The van der Waals surface area contributed by atoms with E-state index in [2.05, 4.69) is 41.4 Å². The largest absolute Gasteiger partial charge is 0.312 e. The maximum atomic E-state index is 4.32. The number of hydrogen-bond donors (Lipinski definition) is 1. The lowest BCUT2D eigenvalue weighted by Gasteiger charge is -2.14. The zero-order valence-corrected chi connectivity index (χ0v) is 11.3. The first-order valence-corrected chi connectivity index (χ1v) is 6.66. The maximum absolute atomic E-state index is 4.32. The number of nitrogens with zero attached hydrogens (tertiary/aromatic N) is 3. The van der Waals surface area contributed by atoms with Gasteiger partial charge in [0.1, 0.15) is 12.2 Å². The number of likely N-dealkylation sites (N-methyl/N-ethyl adjacent to an activating group) is 1. The van der Waals surface area contributed by atoms with E-state index in [4.69, 9.17) is 0 Å². The molecule has 0 spiro atoms. The molecule has 0 aromatic carbocycles. The Bertz CT molecular complexity index is 474. The fourth-order valence-corrected chi connectivity index (χ4v) is 2.87. The van der Waals surface area contributed by atoms with Crippen molar-refractivity contribution in [1.82, 2.24) is 20.1 Å². The van der Waals surface area contributed by atoms with Gasteiger partial charge in [-0.05, 0) is 33.0 Å². The Morgan fingerprint density at radius 2 is 2.29 bits per heavy atom. The van der Waals surface area contributed by atoms with Crippen molar-refractivity contribution < 1.29 is 0 Å². The van der Waals surface area contributed by atoms with Gasteiger partial charge in [-0.2, -0.15) is 5.10 Å². The Morgan fingerprint density at radius 3 is 2.88 bits per heavy atom. The van der Waals surface area contributed by atoms with Crippen molar-refractivity contribution in [3.63, 3.8) is 0 Å². The Balaban J connectivity index is 2.15. The molecule has 1 unspecified atom stereocenters. The van der Waals surface area contributed by atoms with Crippen LogP contribution in [0.5, 0.6) is 0 Å². The third-order valence-electron chi connectivity index (χ3n) is 2.84. The number of aryl methyl sites for hydroxylation is 2. The summed E-state index contributed by atoms with van der Waals surface area (Å²) < 4.78 is 1.95. The Morgan fingerprint density at radius 1 is 1.47 bits per heavy atom. The fraction of sp³-hybridized carbons (Fsp3) is 0.500. The van der Waals surface area contributed by atoms with Gasteiger partial charge in [-0.15, -0.1) is 11.3 Å². The monoisotopic (exact) mass is 250 g/mol. The van der Waals surface area contributed by atoms with E-state index in [1.807, 2.05) is 23.1 Å². The molecule has 4 nitrogen and oxygen atoms in total. The Labute approximate surface area is 106 Å². The molecule has 92 valence electrons. The molecular weight excluding hydrogens is 232 g/mol. The first-order chi connectivity index (χ1) is 8.24. The lowest BCUT2D eigenvalue weighted by Crippen LogP contribution is -2.20. The van der Waals surface area contributed by atoms with Gasteiger partial charge in [0.15, 0.2) is 0 Å². The van der Waals surface area contributed by atoms with Gasteiger partial charge < -0.3 is 5.32 Å². The third kappa shape index (κ3) is 2.73. The van der Waals surface area contributed by atoms with Crippen LogP contribution in [0.2, 0.25) is 0 Å². The highest BCUT2D eigenvalue weighted by Crippen LogP contribution is 2.24. The summed E-state index contributed by atoms with van der Waals surface area (Å²) in [6.45, 7) is 5.09. The highest BCUT2D eigenvalue weighted by molar-refractivity contribution is 7.12. The summed E-state index contributed by atoms with van der Waals surface area (Å²) in [4.78, 5) is 7.03. The molecule has 0 fully saturated rings. The molecule has 2 heterocycles. The molecule has 0 radical (unpaired) electrons. The zero-order valence-electron chi connectivity index (χ0n) is 10.5. The number of nitrogens with one attached hydrogen (secondary N) is 1. The second kappa shape index (κ2) is 5.42. The molecule has 17 heavy (non-hydrogen) atoms. The third-order valence-corrected chi connectivity index (χ3v) is 3.95. The second-order valence-electron chi connectivity index (χ2n) is 3.99. The lowest BCUT2D eigenvalue weighted by molar-refractivity contribution is 0.539. The molecule has 2 aromatic rings. The van der Waals surface area contributed by atoms with Gasteiger partial charge in [-0.25, -0.2) is 4.98 Å². The fourth-order valence-electron chi connectivity index (χ4n) is 1.88. The van der Waals surface area contributed by atoms with Gasteiger partial charge in [0, 0.05) is 28.8 Å². The van der Waals surface area contributed by atoms with Gasteiger partial charge in [0.25, 0.3) is 0 Å².